The third-order valence-corrected chi connectivity index (χ3v) is 11.5. The Balaban J connectivity index is 3.12. The number of carbonyl (C=O) groups is 1. The van der Waals surface area contributed by atoms with E-state index in [-0.39, 0.29) is 5.97 Å². The van der Waals surface area contributed by atoms with Crippen molar-refractivity contribution in [1.82, 2.24) is 0 Å². The molecule has 306 valence electrons. The molecule has 0 heterocycles. The molecule has 51 heavy (non-hydrogen) atoms. The summed E-state index contributed by atoms with van der Waals surface area (Å²) in [6.45, 7) is 5.23. The first-order valence-electron chi connectivity index (χ1n) is 24.5. The third kappa shape index (κ3) is 47.4. The van der Waals surface area contributed by atoms with Crippen LogP contribution in [0.15, 0.2) is 0 Å². The van der Waals surface area contributed by atoms with Crippen molar-refractivity contribution >= 4 is 5.97 Å². The van der Waals surface area contributed by atoms with Crippen LogP contribution in [-0.4, -0.2) is 12.6 Å². The molecule has 0 unspecified atom stereocenters. The summed E-state index contributed by atoms with van der Waals surface area (Å²) in [4.78, 5) is 12.0. The van der Waals surface area contributed by atoms with Crippen molar-refractivity contribution in [3.05, 3.63) is 0 Å². The lowest BCUT2D eigenvalue weighted by Gasteiger charge is -2.06. The van der Waals surface area contributed by atoms with Crippen LogP contribution in [0.1, 0.15) is 303 Å². The molecule has 0 saturated heterocycles. The normalized spacial score (nSPS) is 11.5. The van der Waals surface area contributed by atoms with Gasteiger partial charge < -0.3 is 4.74 Å². The van der Waals surface area contributed by atoms with Crippen LogP contribution in [0.5, 0.6) is 0 Å². The summed E-state index contributed by atoms with van der Waals surface area (Å²) in [6, 6.07) is 0. The minimum atomic E-state index is 0.0312. The monoisotopic (exact) mass is 719 g/mol. The number of rotatable bonds is 46. The van der Waals surface area contributed by atoms with Gasteiger partial charge in [-0.25, -0.2) is 0 Å². The fourth-order valence-electron chi connectivity index (χ4n) is 7.85. The minimum Gasteiger partial charge on any atom is -0.466 e. The van der Waals surface area contributed by atoms with Gasteiger partial charge >= 0.3 is 5.97 Å². The molecular formula is C49H98O2. The average molecular weight is 719 g/mol. The van der Waals surface area contributed by atoms with Gasteiger partial charge in [-0.1, -0.05) is 284 Å². The predicted molar refractivity (Wildman–Crippen MR) is 230 cm³/mol. The number of hydrogen-bond donors (Lipinski definition) is 0. The standard InChI is InChI=1S/C49H98O2/c1-3-5-7-9-11-13-15-17-18-19-20-21-22-23-24-25-26-27-28-29-30-31-32-33-34-35-36-37-39-41-43-45-47-49(50)51-48-46-44-42-40-38-16-14-12-10-8-6-4-2/h3-48H2,1-2H3. The van der Waals surface area contributed by atoms with E-state index in [1.807, 2.05) is 0 Å². The fraction of sp³-hybridized carbons (Fsp3) is 0.980. The fourth-order valence-corrected chi connectivity index (χ4v) is 7.85. The molecular weight excluding hydrogens is 621 g/mol. The molecule has 0 amide bonds. The molecule has 0 spiro atoms. The second-order valence-corrected chi connectivity index (χ2v) is 16.8. The van der Waals surface area contributed by atoms with Crippen molar-refractivity contribution in [2.24, 2.45) is 0 Å². The van der Waals surface area contributed by atoms with Crippen LogP contribution in [-0.2, 0) is 9.53 Å². The maximum absolute atomic E-state index is 12.0. The molecule has 0 atom stereocenters. The van der Waals surface area contributed by atoms with Gasteiger partial charge in [0, 0.05) is 6.42 Å². The molecule has 2 nitrogen and oxygen atoms in total. The Bertz CT molecular complexity index is 615. The Hall–Kier alpha value is -0.530. The molecule has 0 aromatic heterocycles. The summed E-state index contributed by atoms with van der Waals surface area (Å²) in [7, 11) is 0. The van der Waals surface area contributed by atoms with Crippen LogP contribution in [0.2, 0.25) is 0 Å². The van der Waals surface area contributed by atoms with Gasteiger partial charge in [-0.3, -0.25) is 4.79 Å². The smallest absolute Gasteiger partial charge is 0.305 e. The van der Waals surface area contributed by atoms with Crippen molar-refractivity contribution in [2.75, 3.05) is 6.61 Å². The summed E-state index contributed by atoms with van der Waals surface area (Å²) in [6.07, 6.45) is 62.5. The number of esters is 1. The Morgan fingerprint density at radius 3 is 0.647 bits per heavy atom. The summed E-state index contributed by atoms with van der Waals surface area (Å²) < 4.78 is 5.46. The molecule has 0 aliphatic carbocycles. The zero-order chi connectivity index (χ0) is 36.8. The quantitative estimate of drug-likeness (QED) is 0.0463. The van der Waals surface area contributed by atoms with E-state index in [0.29, 0.717) is 13.0 Å². The zero-order valence-corrected chi connectivity index (χ0v) is 35.8. The van der Waals surface area contributed by atoms with E-state index < -0.39 is 0 Å². The van der Waals surface area contributed by atoms with Crippen LogP contribution in [0.3, 0.4) is 0 Å². The van der Waals surface area contributed by atoms with E-state index in [4.69, 9.17) is 4.74 Å². The predicted octanol–water partition coefficient (Wildman–Crippen LogP) is 18.1. The lowest BCUT2D eigenvalue weighted by Crippen LogP contribution is -2.05. The lowest BCUT2D eigenvalue weighted by molar-refractivity contribution is -0.143. The van der Waals surface area contributed by atoms with Gasteiger partial charge in [0.25, 0.3) is 0 Å². The first kappa shape index (κ1) is 50.5. The molecule has 0 radical (unpaired) electrons. The maximum Gasteiger partial charge on any atom is 0.305 e. The molecule has 0 saturated carbocycles. The Kier molecular flexibility index (Phi) is 47.0. The van der Waals surface area contributed by atoms with Crippen molar-refractivity contribution < 1.29 is 9.53 Å². The summed E-state index contributed by atoms with van der Waals surface area (Å²) >= 11 is 0. The molecule has 2 heteroatoms. The zero-order valence-electron chi connectivity index (χ0n) is 35.8. The van der Waals surface area contributed by atoms with E-state index >= 15 is 0 Å². The van der Waals surface area contributed by atoms with Gasteiger partial charge in [0.05, 0.1) is 6.61 Å². The maximum atomic E-state index is 12.0. The second kappa shape index (κ2) is 47.5. The Morgan fingerprint density at radius 2 is 0.431 bits per heavy atom. The molecule has 0 bridgehead atoms. The summed E-state index contributed by atoms with van der Waals surface area (Å²) in [5.74, 6) is 0.0312. The highest BCUT2D eigenvalue weighted by Crippen LogP contribution is 2.17. The SMILES string of the molecule is CCCCCCCCCCCCCCCCCCCCCCCCCCCCCCCCCCC(=O)OCCCCCCCCCCCCCC. The van der Waals surface area contributed by atoms with Gasteiger partial charge in [-0.05, 0) is 12.8 Å². The minimum absolute atomic E-state index is 0.0312. The van der Waals surface area contributed by atoms with Gasteiger partial charge in [0.15, 0.2) is 0 Å². The second-order valence-electron chi connectivity index (χ2n) is 16.8. The van der Waals surface area contributed by atoms with Crippen molar-refractivity contribution in [3.8, 4) is 0 Å². The van der Waals surface area contributed by atoms with Crippen molar-refractivity contribution in [3.63, 3.8) is 0 Å². The number of carbonyl (C=O) groups excluding carboxylic acids is 1. The molecule has 0 aromatic rings. The highest BCUT2D eigenvalue weighted by atomic mass is 16.5. The van der Waals surface area contributed by atoms with Crippen LogP contribution in [0, 0.1) is 0 Å². The average Bonchev–Trinajstić information content (AvgIpc) is 3.14. The van der Waals surface area contributed by atoms with Gasteiger partial charge in [-0.15, -0.1) is 0 Å². The first-order valence-corrected chi connectivity index (χ1v) is 24.5. The Morgan fingerprint density at radius 1 is 0.255 bits per heavy atom. The van der Waals surface area contributed by atoms with E-state index in [1.165, 1.54) is 270 Å². The molecule has 0 rings (SSSR count). The number of hydrogen-bond acceptors (Lipinski definition) is 2. The molecule has 0 aromatic carbocycles. The van der Waals surface area contributed by atoms with Crippen LogP contribution < -0.4 is 0 Å². The van der Waals surface area contributed by atoms with E-state index in [0.717, 1.165) is 12.8 Å². The van der Waals surface area contributed by atoms with Crippen molar-refractivity contribution in [2.45, 2.75) is 303 Å². The molecule has 0 aliphatic heterocycles. The third-order valence-electron chi connectivity index (χ3n) is 11.5. The molecule has 0 fully saturated rings. The summed E-state index contributed by atoms with van der Waals surface area (Å²) in [5, 5.41) is 0. The van der Waals surface area contributed by atoms with Crippen LogP contribution in [0.4, 0.5) is 0 Å². The first-order chi connectivity index (χ1) is 25.3. The molecule has 0 N–H and O–H groups in total. The van der Waals surface area contributed by atoms with Gasteiger partial charge in [-0.2, -0.15) is 0 Å². The highest BCUT2D eigenvalue weighted by Gasteiger charge is 2.03. The van der Waals surface area contributed by atoms with E-state index in [1.54, 1.807) is 0 Å². The number of unbranched alkanes of at least 4 members (excludes halogenated alkanes) is 42. The molecule has 0 aliphatic rings. The van der Waals surface area contributed by atoms with E-state index in [2.05, 4.69) is 13.8 Å². The topological polar surface area (TPSA) is 26.3 Å². The van der Waals surface area contributed by atoms with Crippen molar-refractivity contribution in [1.29, 1.82) is 0 Å². The van der Waals surface area contributed by atoms with Gasteiger partial charge in [0.2, 0.25) is 0 Å². The Labute approximate surface area is 324 Å². The van der Waals surface area contributed by atoms with Crippen LogP contribution in [0.25, 0.3) is 0 Å². The number of ether oxygens (including phenoxy) is 1. The van der Waals surface area contributed by atoms with E-state index in [9.17, 15) is 4.79 Å². The highest BCUT2D eigenvalue weighted by molar-refractivity contribution is 5.69. The summed E-state index contributed by atoms with van der Waals surface area (Å²) in [5.41, 5.74) is 0. The lowest BCUT2D eigenvalue weighted by atomic mass is 10.0. The van der Waals surface area contributed by atoms with Gasteiger partial charge in [0.1, 0.15) is 0 Å². The van der Waals surface area contributed by atoms with Crippen LogP contribution >= 0.6 is 0 Å². The largest absolute Gasteiger partial charge is 0.466 e.